The maximum Gasteiger partial charge on any atom is 0.101 e. The molecule has 0 saturated carbocycles. The first-order valence-electron chi connectivity index (χ1n) is 5.56. The van der Waals surface area contributed by atoms with Crippen molar-refractivity contribution in [1.82, 2.24) is 4.98 Å². The molecule has 0 aliphatic carbocycles. The summed E-state index contributed by atoms with van der Waals surface area (Å²) in [5.74, 6) is 0. The predicted octanol–water partition coefficient (Wildman–Crippen LogP) is 3.55. The van der Waals surface area contributed by atoms with Crippen molar-refractivity contribution in [2.24, 2.45) is 0 Å². The van der Waals surface area contributed by atoms with Crippen LogP contribution in [0.5, 0.6) is 0 Å². The van der Waals surface area contributed by atoms with E-state index in [9.17, 15) is 0 Å². The van der Waals surface area contributed by atoms with Crippen LogP contribution in [0, 0.1) is 32.1 Å². The standard InChI is InChI=1S/C15H14N2/c1-10-4-5-14(12(3)11(10)2)15-6-7-17-9-13(15)8-16/h4-7,9H,1-3H3. The highest BCUT2D eigenvalue weighted by atomic mass is 14.6. The minimum atomic E-state index is 0.624. The molecule has 0 bridgehead atoms. The molecule has 0 N–H and O–H groups in total. The summed E-state index contributed by atoms with van der Waals surface area (Å²) in [5, 5.41) is 9.10. The summed E-state index contributed by atoms with van der Waals surface area (Å²) in [5.41, 5.74) is 6.49. The van der Waals surface area contributed by atoms with Crippen LogP contribution in [0.25, 0.3) is 11.1 Å². The van der Waals surface area contributed by atoms with E-state index in [1.54, 1.807) is 12.4 Å². The molecule has 0 unspecified atom stereocenters. The molecule has 1 aromatic carbocycles. The molecular formula is C15H14N2. The molecule has 0 atom stereocenters. The minimum Gasteiger partial charge on any atom is -0.263 e. The quantitative estimate of drug-likeness (QED) is 0.739. The molecule has 0 aliphatic heterocycles. The van der Waals surface area contributed by atoms with Crippen molar-refractivity contribution in [3.8, 4) is 17.2 Å². The first kappa shape index (κ1) is 11.3. The number of aromatic nitrogens is 1. The second-order valence-corrected chi connectivity index (χ2v) is 4.21. The van der Waals surface area contributed by atoms with Crippen molar-refractivity contribution in [3.63, 3.8) is 0 Å². The van der Waals surface area contributed by atoms with Gasteiger partial charge < -0.3 is 0 Å². The third-order valence-corrected chi connectivity index (χ3v) is 3.29. The van der Waals surface area contributed by atoms with Crippen LogP contribution >= 0.6 is 0 Å². The number of pyridine rings is 1. The number of nitrogens with zero attached hydrogens (tertiary/aromatic N) is 2. The van der Waals surface area contributed by atoms with Crippen molar-refractivity contribution >= 4 is 0 Å². The van der Waals surface area contributed by atoms with Gasteiger partial charge in [-0.2, -0.15) is 5.26 Å². The van der Waals surface area contributed by atoms with Crippen LogP contribution < -0.4 is 0 Å². The Morgan fingerprint density at radius 1 is 1.00 bits per heavy atom. The fourth-order valence-corrected chi connectivity index (χ4v) is 1.97. The largest absolute Gasteiger partial charge is 0.263 e. The van der Waals surface area contributed by atoms with Crippen molar-refractivity contribution in [2.75, 3.05) is 0 Å². The lowest BCUT2D eigenvalue weighted by atomic mass is 9.93. The Bertz CT molecular complexity index is 607. The van der Waals surface area contributed by atoms with Gasteiger partial charge in [0.1, 0.15) is 6.07 Å². The van der Waals surface area contributed by atoms with Crippen LogP contribution in [-0.4, -0.2) is 4.98 Å². The highest BCUT2D eigenvalue weighted by molar-refractivity contribution is 5.74. The highest BCUT2D eigenvalue weighted by Gasteiger charge is 2.09. The average molecular weight is 222 g/mol. The number of nitriles is 1. The zero-order valence-electron chi connectivity index (χ0n) is 10.3. The van der Waals surface area contributed by atoms with E-state index < -0.39 is 0 Å². The number of aryl methyl sites for hydroxylation is 1. The average Bonchev–Trinajstić information content (AvgIpc) is 2.36. The SMILES string of the molecule is Cc1ccc(-c2ccncc2C#N)c(C)c1C. The van der Waals surface area contributed by atoms with Crippen LogP contribution in [0.2, 0.25) is 0 Å². The summed E-state index contributed by atoms with van der Waals surface area (Å²) < 4.78 is 0. The molecule has 0 aliphatic rings. The van der Waals surface area contributed by atoms with E-state index in [4.69, 9.17) is 5.26 Å². The summed E-state index contributed by atoms with van der Waals surface area (Å²) in [6, 6.07) is 8.27. The maximum absolute atomic E-state index is 9.10. The van der Waals surface area contributed by atoms with Gasteiger partial charge in [0.05, 0.1) is 5.56 Å². The number of hydrogen-bond donors (Lipinski definition) is 0. The maximum atomic E-state index is 9.10. The lowest BCUT2D eigenvalue weighted by molar-refractivity contribution is 1.25. The Hall–Kier alpha value is -2.14. The molecule has 1 heterocycles. The van der Waals surface area contributed by atoms with E-state index in [0.29, 0.717) is 5.56 Å². The fraction of sp³-hybridized carbons (Fsp3) is 0.200. The van der Waals surface area contributed by atoms with Gasteiger partial charge in [0, 0.05) is 18.0 Å². The predicted molar refractivity (Wildman–Crippen MR) is 68.6 cm³/mol. The van der Waals surface area contributed by atoms with Gasteiger partial charge in [-0.3, -0.25) is 4.98 Å². The summed E-state index contributed by atoms with van der Waals surface area (Å²) in [4.78, 5) is 3.99. The molecule has 84 valence electrons. The second-order valence-electron chi connectivity index (χ2n) is 4.21. The van der Waals surface area contributed by atoms with E-state index >= 15 is 0 Å². The van der Waals surface area contributed by atoms with E-state index in [0.717, 1.165) is 11.1 Å². The van der Waals surface area contributed by atoms with Crippen molar-refractivity contribution in [1.29, 1.82) is 5.26 Å². The molecule has 1 aromatic heterocycles. The van der Waals surface area contributed by atoms with Gasteiger partial charge >= 0.3 is 0 Å². The number of benzene rings is 1. The van der Waals surface area contributed by atoms with Gasteiger partial charge in [-0.1, -0.05) is 12.1 Å². The van der Waals surface area contributed by atoms with Crippen molar-refractivity contribution in [2.45, 2.75) is 20.8 Å². The summed E-state index contributed by atoms with van der Waals surface area (Å²) >= 11 is 0. The highest BCUT2D eigenvalue weighted by Crippen LogP contribution is 2.29. The van der Waals surface area contributed by atoms with E-state index in [-0.39, 0.29) is 0 Å². The summed E-state index contributed by atoms with van der Waals surface area (Å²) in [7, 11) is 0. The minimum absolute atomic E-state index is 0.624. The molecule has 0 saturated heterocycles. The van der Waals surface area contributed by atoms with E-state index in [1.807, 2.05) is 6.07 Å². The second kappa shape index (κ2) is 4.39. The van der Waals surface area contributed by atoms with E-state index in [1.165, 1.54) is 16.7 Å². The molecule has 0 fully saturated rings. The van der Waals surface area contributed by atoms with Gasteiger partial charge in [0.2, 0.25) is 0 Å². The van der Waals surface area contributed by atoms with Gasteiger partial charge in [0.25, 0.3) is 0 Å². The lowest BCUT2D eigenvalue weighted by Crippen LogP contribution is -1.93. The number of rotatable bonds is 1. The van der Waals surface area contributed by atoms with Gasteiger partial charge in [-0.25, -0.2) is 0 Å². The molecule has 2 rings (SSSR count). The smallest absolute Gasteiger partial charge is 0.101 e. The fourth-order valence-electron chi connectivity index (χ4n) is 1.97. The monoisotopic (exact) mass is 222 g/mol. The molecule has 17 heavy (non-hydrogen) atoms. The Morgan fingerprint density at radius 2 is 1.76 bits per heavy atom. The Balaban J connectivity index is 2.70. The summed E-state index contributed by atoms with van der Waals surface area (Å²) in [6.07, 6.45) is 3.34. The van der Waals surface area contributed by atoms with Crippen molar-refractivity contribution in [3.05, 3.63) is 52.8 Å². The first-order valence-corrected chi connectivity index (χ1v) is 5.56. The molecule has 2 nitrogen and oxygen atoms in total. The van der Waals surface area contributed by atoms with Crippen LogP contribution in [0.1, 0.15) is 22.3 Å². The Kier molecular flexibility index (Phi) is 2.93. The zero-order valence-corrected chi connectivity index (χ0v) is 10.3. The van der Waals surface area contributed by atoms with Crippen LogP contribution in [-0.2, 0) is 0 Å². The van der Waals surface area contributed by atoms with Gasteiger partial charge in [-0.05, 0) is 49.1 Å². The summed E-state index contributed by atoms with van der Waals surface area (Å²) in [6.45, 7) is 6.31. The van der Waals surface area contributed by atoms with Gasteiger partial charge in [-0.15, -0.1) is 0 Å². The lowest BCUT2D eigenvalue weighted by Gasteiger charge is -2.12. The molecule has 0 radical (unpaired) electrons. The molecule has 2 aromatic rings. The molecule has 0 amide bonds. The van der Waals surface area contributed by atoms with Crippen LogP contribution in [0.4, 0.5) is 0 Å². The Morgan fingerprint density at radius 3 is 2.47 bits per heavy atom. The normalized spacial score (nSPS) is 10.0. The van der Waals surface area contributed by atoms with Crippen LogP contribution in [0.3, 0.4) is 0 Å². The Labute approximate surface area is 102 Å². The van der Waals surface area contributed by atoms with Crippen molar-refractivity contribution < 1.29 is 0 Å². The number of hydrogen-bond acceptors (Lipinski definition) is 2. The molecular weight excluding hydrogens is 208 g/mol. The van der Waals surface area contributed by atoms with E-state index in [2.05, 4.69) is 44.0 Å². The molecule has 2 heteroatoms. The third-order valence-electron chi connectivity index (χ3n) is 3.29. The van der Waals surface area contributed by atoms with Gasteiger partial charge in [0.15, 0.2) is 0 Å². The molecule has 0 spiro atoms. The zero-order chi connectivity index (χ0) is 12.4. The van der Waals surface area contributed by atoms with Crippen LogP contribution in [0.15, 0.2) is 30.6 Å². The topological polar surface area (TPSA) is 36.7 Å². The first-order chi connectivity index (χ1) is 8.15. The third kappa shape index (κ3) is 1.92.